The summed E-state index contributed by atoms with van der Waals surface area (Å²) in [7, 11) is 3.87. The Kier molecular flexibility index (Phi) is 5.35. The topological polar surface area (TPSA) is 62.2 Å². The van der Waals surface area contributed by atoms with E-state index in [2.05, 4.69) is 58.3 Å². The van der Waals surface area contributed by atoms with Gasteiger partial charge in [0, 0.05) is 61.8 Å². The Morgan fingerprint density at radius 1 is 1.30 bits per heavy atom. The number of benzene rings is 1. The Morgan fingerprint density at radius 2 is 2.10 bits per heavy atom. The average Bonchev–Trinajstić information content (AvgIpc) is 2.95. The van der Waals surface area contributed by atoms with Gasteiger partial charge in [-0.3, -0.25) is 4.79 Å². The van der Waals surface area contributed by atoms with E-state index >= 15 is 0 Å². The molecule has 6 heteroatoms. The van der Waals surface area contributed by atoms with E-state index in [1.807, 2.05) is 32.3 Å². The Balaban J connectivity index is 1.44. The number of amides is 1. The second-order valence-electron chi connectivity index (χ2n) is 8.65. The lowest BCUT2D eigenvalue weighted by Crippen LogP contribution is -2.42. The smallest absolute Gasteiger partial charge is 0.246 e. The van der Waals surface area contributed by atoms with Crippen LogP contribution in [0.15, 0.2) is 48.7 Å². The number of aromatic nitrogens is 2. The SMILES string of the molecule is CN(Cc1cc2ccccc2n1C)C(=O)/C=C/c1cnc2c(c1)CNC(C)(C)CN2. The van der Waals surface area contributed by atoms with Gasteiger partial charge in [-0.05, 0) is 49.1 Å². The minimum absolute atomic E-state index is 0.0110. The average molecular weight is 404 g/mol. The quantitative estimate of drug-likeness (QED) is 0.654. The fourth-order valence-corrected chi connectivity index (χ4v) is 3.73. The summed E-state index contributed by atoms with van der Waals surface area (Å²) in [6.07, 6.45) is 5.26. The number of hydrogen-bond donors (Lipinski definition) is 2. The second kappa shape index (κ2) is 7.95. The number of aryl methyl sites for hydroxylation is 1. The number of rotatable bonds is 4. The first kappa shape index (κ1) is 20.2. The van der Waals surface area contributed by atoms with E-state index in [4.69, 9.17) is 0 Å². The van der Waals surface area contributed by atoms with E-state index in [0.717, 1.165) is 35.7 Å². The largest absolute Gasteiger partial charge is 0.368 e. The predicted octanol–water partition coefficient (Wildman–Crippen LogP) is 3.54. The number of nitrogens with one attached hydrogen (secondary N) is 2. The second-order valence-corrected chi connectivity index (χ2v) is 8.65. The molecule has 0 fully saturated rings. The van der Waals surface area contributed by atoms with Crippen LogP contribution in [-0.4, -0.2) is 39.5 Å². The van der Waals surface area contributed by atoms with E-state index in [9.17, 15) is 4.79 Å². The van der Waals surface area contributed by atoms with Crippen LogP contribution in [0.4, 0.5) is 5.82 Å². The molecule has 2 N–H and O–H groups in total. The van der Waals surface area contributed by atoms with E-state index in [-0.39, 0.29) is 11.4 Å². The molecule has 30 heavy (non-hydrogen) atoms. The molecule has 1 aliphatic rings. The first-order valence-corrected chi connectivity index (χ1v) is 10.3. The molecule has 0 radical (unpaired) electrons. The molecule has 0 unspecified atom stereocenters. The molecular weight excluding hydrogens is 374 g/mol. The van der Waals surface area contributed by atoms with Crippen LogP contribution >= 0.6 is 0 Å². The number of fused-ring (bicyclic) bond motifs is 2. The Bertz CT molecular complexity index is 1110. The molecule has 0 bridgehead atoms. The highest BCUT2D eigenvalue weighted by molar-refractivity contribution is 5.91. The molecule has 3 heterocycles. The Morgan fingerprint density at radius 3 is 2.90 bits per heavy atom. The Hall–Kier alpha value is -3.12. The lowest BCUT2D eigenvalue weighted by Gasteiger charge is -2.23. The summed E-state index contributed by atoms with van der Waals surface area (Å²) in [5, 5.41) is 8.11. The summed E-state index contributed by atoms with van der Waals surface area (Å²) in [6, 6.07) is 12.5. The van der Waals surface area contributed by atoms with Crippen LogP contribution in [-0.2, 0) is 24.9 Å². The highest BCUT2D eigenvalue weighted by atomic mass is 16.2. The third-order valence-electron chi connectivity index (χ3n) is 5.69. The molecule has 3 aromatic rings. The van der Waals surface area contributed by atoms with Crippen LogP contribution < -0.4 is 10.6 Å². The summed E-state index contributed by atoms with van der Waals surface area (Å²) in [4.78, 5) is 18.9. The number of para-hydroxylation sites is 1. The summed E-state index contributed by atoms with van der Waals surface area (Å²) in [5.74, 6) is 0.872. The van der Waals surface area contributed by atoms with Gasteiger partial charge < -0.3 is 20.1 Å². The van der Waals surface area contributed by atoms with Crippen molar-refractivity contribution in [2.24, 2.45) is 7.05 Å². The first-order valence-electron chi connectivity index (χ1n) is 10.3. The van der Waals surface area contributed by atoms with Crippen molar-refractivity contribution in [1.82, 2.24) is 19.8 Å². The van der Waals surface area contributed by atoms with Crippen molar-refractivity contribution in [2.45, 2.75) is 32.5 Å². The van der Waals surface area contributed by atoms with E-state index in [0.29, 0.717) is 6.54 Å². The lowest BCUT2D eigenvalue weighted by atomic mass is 10.1. The van der Waals surface area contributed by atoms with Crippen molar-refractivity contribution in [3.05, 3.63) is 65.5 Å². The molecule has 1 aliphatic heterocycles. The number of likely N-dealkylation sites (N-methyl/N-ethyl adjacent to an activating group) is 1. The number of pyridine rings is 1. The number of anilines is 1. The van der Waals surface area contributed by atoms with Crippen molar-refractivity contribution in [1.29, 1.82) is 0 Å². The van der Waals surface area contributed by atoms with Crippen molar-refractivity contribution in [3.63, 3.8) is 0 Å². The fraction of sp³-hybridized carbons (Fsp3) is 0.333. The van der Waals surface area contributed by atoms with Crippen molar-refractivity contribution >= 4 is 28.7 Å². The molecule has 156 valence electrons. The van der Waals surface area contributed by atoms with Gasteiger partial charge in [0.2, 0.25) is 5.91 Å². The first-order chi connectivity index (χ1) is 14.3. The monoisotopic (exact) mass is 403 g/mol. The van der Waals surface area contributed by atoms with Crippen molar-refractivity contribution in [2.75, 3.05) is 18.9 Å². The molecule has 0 atom stereocenters. The molecule has 2 aromatic heterocycles. The molecular formula is C24H29N5O. The van der Waals surface area contributed by atoms with E-state index < -0.39 is 0 Å². The van der Waals surface area contributed by atoms with Crippen LogP contribution in [0.1, 0.15) is 30.7 Å². The molecule has 4 rings (SSSR count). The van der Waals surface area contributed by atoms with Gasteiger partial charge in [0.1, 0.15) is 5.82 Å². The maximum Gasteiger partial charge on any atom is 0.246 e. The third kappa shape index (κ3) is 4.24. The van der Waals surface area contributed by atoms with Gasteiger partial charge in [-0.15, -0.1) is 0 Å². The van der Waals surface area contributed by atoms with Crippen LogP contribution in [0.25, 0.3) is 17.0 Å². The highest BCUT2D eigenvalue weighted by Gasteiger charge is 2.21. The van der Waals surface area contributed by atoms with Crippen molar-refractivity contribution < 1.29 is 4.79 Å². The van der Waals surface area contributed by atoms with E-state index in [1.54, 1.807) is 17.2 Å². The minimum Gasteiger partial charge on any atom is -0.368 e. The van der Waals surface area contributed by atoms with Gasteiger partial charge in [-0.25, -0.2) is 4.98 Å². The normalized spacial score (nSPS) is 15.6. The van der Waals surface area contributed by atoms with Gasteiger partial charge in [-0.1, -0.05) is 18.2 Å². The number of nitrogens with zero attached hydrogens (tertiary/aromatic N) is 3. The van der Waals surface area contributed by atoms with Gasteiger partial charge in [0.25, 0.3) is 0 Å². The van der Waals surface area contributed by atoms with Gasteiger partial charge >= 0.3 is 0 Å². The molecule has 6 nitrogen and oxygen atoms in total. The zero-order chi connectivity index (χ0) is 21.3. The van der Waals surface area contributed by atoms with E-state index in [1.165, 1.54) is 10.9 Å². The maximum absolute atomic E-state index is 12.7. The molecule has 1 amide bonds. The molecule has 0 saturated heterocycles. The number of carbonyl (C=O) groups is 1. The highest BCUT2D eigenvalue weighted by Crippen LogP contribution is 2.21. The zero-order valence-corrected chi connectivity index (χ0v) is 18.1. The minimum atomic E-state index is -0.0346. The predicted molar refractivity (Wildman–Crippen MR) is 122 cm³/mol. The third-order valence-corrected chi connectivity index (χ3v) is 5.69. The summed E-state index contributed by atoms with van der Waals surface area (Å²) >= 11 is 0. The van der Waals surface area contributed by atoms with Crippen LogP contribution in [0, 0.1) is 0 Å². The summed E-state index contributed by atoms with van der Waals surface area (Å²) in [5.41, 5.74) is 4.32. The van der Waals surface area contributed by atoms with Gasteiger partial charge in [-0.2, -0.15) is 0 Å². The fourth-order valence-electron chi connectivity index (χ4n) is 3.73. The van der Waals surface area contributed by atoms with Crippen LogP contribution in [0.5, 0.6) is 0 Å². The van der Waals surface area contributed by atoms with Gasteiger partial charge in [0.15, 0.2) is 0 Å². The number of hydrogen-bond acceptors (Lipinski definition) is 4. The number of carbonyl (C=O) groups excluding carboxylic acids is 1. The molecule has 1 aromatic carbocycles. The zero-order valence-electron chi connectivity index (χ0n) is 18.1. The summed E-state index contributed by atoms with van der Waals surface area (Å²) in [6.45, 7) is 6.45. The molecule has 0 spiro atoms. The molecule has 0 saturated carbocycles. The Labute approximate surface area is 177 Å². The maximum atomic E-state index is 12.7. The van der Waals surface area contributed by atoms with Crippen LogP contribution in [0.2, 0.25) is 0 Å². The van der Waals surface area contributed by atoms with Crippen LogP contribution in [0.3, 0.4) is 0 Å². The summed E-state index contributed by atoms with van der Waals surface area (Å²) < 4.78 is 2.14. The van der Waals surface area contributed by atoms with Gasteiger partial charge in [0.05, 0.1) is 6.54 Å². The van der Waals surface area contributed by atoms with Crippen molar-refractivity contribution in [3.8, 4) is 0 Å². The molecule has 0 aliphatic carbocycles. The standard InChI is InChI=1S/C24H29N5O/c1-24(2)16-26-23-19(14-27-24)11-17(13-25-23)9-10-22(30)28(3)15-20-12-18-7-5-6-8-21(18)29(20)4/h5-13,27H,14-16H2,1-4H3,(H,25,26)/b10-9+. The lowest BCUT2D eigenvalue weighted by molar-refractivity contribution is -0.125.